The van der Waals surface area contributed by atoms with E-state index in [0.717, 1.165) is 18.4 Å². The Balaban J connectivity index is 2.67. The summed E-state index contributed by atoms with van der Waals surface area (Å²) in [6.07, 6.45) is 3.63. The van der Waals surface area contributed by atoms with Crippen LogP contribution >= 0.6 is 11.8 Å². The fourth-order valence-corrected chi connectivity index (χ4v) is 1.67. The summed E-state index contributed by atoms with van der Waals surface area (Å²) in [5.41, 5.74) is 1.03. The van der Waals surface area contributed by atoms with Crippen LogP contribution in [0.15, 0.2) is 29.2 Å². The molecule has 0 radical (unpaired) electrons. The third-order valence-electron chi connectivity index (χ3n) is 2.06. The van der Waals surface area contributed by atoms with E-state index in [1.54, 1.807) is 11.8 Å². The quantitative estimate of drug-likeness (QED) is 0.746. The number of hydrogen-bond acceptors (Lipinski definition) is 2. The van der Waals surface area contributed by atoms with E-state index in [2.05, 4.69) is 25.3 Å². The Labute approximate surface area is 84.2 Å². The molecule has 0 aliphatic carbocycles. The van der Waals surface area contributed by atoms with Crippen LogP contribution in [-0.4, -0.2) is 11.4 Å². The number of rotatable bonds is 4. The van der Waals surface area contributed by atoms with Gasteiger partial charge in [-0.3, -0.25) is 0 Å². The molecule has 72 valence electrons. The summed E-state index contributed by atoms with van der Waals surface area (Å²) in [6, 6.07) is 8.12. The van der Waals surface area contributed by atoms with Crippen LogP contribution in [0.3, 0.4) is 0 Å². The van der Waals surface area contributed by atoms with Gasteiger partial charge in [0.1, 0.15) is 0 Å². The van der Waals surface area contributed by atoms with Crippen LogP contribution in [0.2, 0.25) is 0 Å². The summed E-state index contributed by atoms with van der Waals surface area (Å²) in [7, 11) is 0. The maximum Gasteiger partial charge on any atom is 0.0790 e. The Hall–Kier alpha value is -0.470. The summed E-state index contributed by atoms with van der Waals surface area (Å²) in [4.78, 5) is 1.24. The topological polar surface area (TPSA) is 20.2 Å². The Kier molecular flexibility index (Phi) is 4.33. The number of aliphatic hydroxyl groups is 1. The lowest BCUT2D eigenvalue weighted by molar-refractivity contribution is 0.166. The van der Waals surface area contributed by atoms with Crippen LogP contribution in [-0.2, 0) is 0 Å². The van der Waals surface area contributed by atoms with Crippen molar-refractivity contribution in [2.24, 2.45) is 0 Å². The second-order valence-corrected chi connectivity index (χ2v) is 3.96. The van der Waals surface area contributed by atoms with Gasteiger partial charge in [-0.15, -0.1) is 11.8 Å². The van der Waals surface area contributed by atoms with Gasteiger partial charge in [-0.25, -0.2) is 0 Å². The first-order valence-corrected chi connectivity index (χ1v) is 5.82. The van der Waals surface area contributed by atoms with Gasteiger partial charge in [-0.1, -0.05) is 25.5 Å². The van der Waals surface area contributed by atoms with Crippen molar-refractivity contribution in [3.63, 3.8) is 0 Å². The van der Waals surface area contributed by atoms with Crippen molar-refractivity contribution in [2.45, 2.75) is 30.8 Å². The Morgan fingerprint density at radius 1 is 1.31 bits per heavy atom. The van der Waals surface area contributed by atoms with E-state index < -0.39 is 0 Å². The Morgan fingerprint density at radius 2 is 1.92 bits per heavy atom. The van der Waals surface area contributed by atoms with E-state index >= 15 is 0 Å². The zero-order valence-corrected chi connectivity index (χ0v) is 8.97. The highest BCUT2D eigenvalue weighted by atomic mass is 32.2. The van der Waals surface area contributed by atoms with Crippen molar-refractivity contribution in [1.29, 1.82) is 0 Å². The molecular weight excluding hydrogens is 180 g/mol. The minimum atomic E-state index is -0.291. The van der Waals surface area contributed by atoms with E-state index in [-0.39, 0.29) is 6.10 Å². The lowest BCUT2D eigenvalue weighted by atomic mass is 10.1. The second-order valence-electron chi connectivity index (χ2n) is 3.08. The van der Waals surface area contributed by atoms with E-state index in [1.807, 2.05) is 12.1 Å². The SMILES string of the molecule is CCC[C@@H](O)c1ccc(SC)cc1. The summed E-state index contributed by atoms with van der Waals surface area (Å²) >= 11 is 1.72. The van der Waals surface area contributed by atoms with Crippen LogP contribution in [0.4, 0.5) is 0 Å². The van der Waals surface area contributed by atoms with Gasteiger partial charge in [-0.05, 0) is 30.4 Å². The van der Waals surface area contributed by atoms with Crippen molar-refractivity contribution >= 4 is 11.8 Å². The third-order valence-corrected chi connectivity index (χ3v) is 2.81. The van der Waals surface area contributed by atoms with Gasteiger partial charge >= 0.3 is 0 Å². The molecule has 1 rings (SSSR count). The molecular formula is C11H16OS. The highest BCUT2D eigenvalue weighted by Gasteiger charge is 2.04. The van der Waals surface area contributed by atoms with Gasteiger partial charge < -0.3 is 5.11 Å². The number of benzene rings is 1. The van der Waals surface area contributed by atoms with E-state index in [1.165, 1.54) is 4.90 Å². The molecule has 1 aromatic rings. The minimum Gasteiger partial charge on any atom is -0.388 e. The van der Waals surface area contributed by atoms with Gasteiger partial charge in [0.05, 0.1) is 6.10 Å². The fraction of sp³-hybridized carbons (Fsp3) is 0.455. The van der Waals surface area contributed by atoms with Crippen LogP contribution in [0, 0.1) is 0 Å². The molecule has 2 heteroatoms. The molecule has 0 aliphatic heterocycles. The molecule has 1 aromatic carbocycles. The Bertz CT molecular complexity index is 243. The molecule has 0 amide bonds. The number of aliphatic hydroxyl groups excluding tert-OH is 1. The summed E-state index contributed by atoms with van der Waals surface area (Å²) in [5, 5.41) is 9.68. The molecule has 0 unspecified atom stereocenters. The van der Waals surface area contributed by atoms with Crippen LogP contribution < -0.4 is 0 Å². The minimum absolute atomic E-state index is 0.291. The zero-order chi connectivity index (χ0) is 9.68. The van der Waals surface area contributed by atoms with Crippen molar-refractivity contribution < 1.29 is 5.11 Å². The molecule has 0 saturated heterocycles. The zero-order valence-electron chi connectivity index (χ0n) is 8.16. The molecule has 0 aliphatic rings. The molecule has 0 heterocycles. The summed E-state index contributed by atoms with van der Waals surface area (Å²) in [6.45, 7) is 2.08. The largest absolute Gasteiger partial charge is 0.388 e. The Morgan fingerprint density at radius 3 is 2.38 bits per heavy atom. The molecule has 1 N–H and O–H groups in total. The summed E-state index contributed by atoms with van der Waals surface area (Å²) in [5.74, 6) is 0. The molecule has 0 fully saturated rings. The average molecular weight is 196 g/mol. The summed E-state index contributed by atoms with van der Waals surface area (Å²) < 4.78 is 0. The van der Waals surface area contributed by atoms with Gasteiger partial charge in [0, 0.05) is 4.90 Å². The third kappa shape index (κ3) is 3.05. The van der Waals surface area contributed by atoms with Crippen molar-refractivity contribution in [1.82, 2.24) is 0 Å². The smallest absolute Gasteiger partial charge is 0.0790 e. The monoisotopic (exact) mass is 196 g/mol. The number of hydrogen-bond donors (Lipinski definition) is 1. The van der Waals surface area contributed by atoms with E-state index in [9.17, 15) is 5.11 Å². The van der Waals surface area contributed by atoms with Crippen molar-refractivity contribution in [3.8, 4) is 0 Å². The highest BCUT2D eigenvalue weighted by Crippen LogP contribution is 2.21. The lowest BCUT2D eigenvalue weighted by Crippen LogP contribution is -1.95. The predicted octanol–water partition coefficient (Wildman–Crippen LogP) is 3.24. The lowest BCUT2D eigenvalue weighted by Gasteiger charge is -2.09. The molecule has 0 aromatic heterocycles. The molecule has 0 saturated carbocycles. The highest BCUT2D eigenvalue weighted by molar-refractivity contribution is 7.98. The second kappa shape index (κ2) is 5.30. The van der Waals surface area contributed by atoms with E-state index in [4.69, 9.17) is 0 Å². The standard InChI is InChI=1S/C11H16OS/c1-3-4-11(12)9-5-7-10(13-2)8-6-9/h5-8,11-12H,3-4H2,1-2H3/t11-/m1/s1. The van der Waals surface area contributed by atoms with Crippen molar-refractivity contribution in [3.05, 3.63) is 29.8 Å². The van der Waals surface area contributed by atoms with Gasteiger partial charge in [-0.2, -0.15) is 0 Å². The molecule has 0 spiro atoms. The normalized spacial score (nSPS) is 12.8. The van der Waals surface area contributed by atoms with Gasteiger partial charge in [0.2, 0.25) is 0 Å². The first-order valence-electron chi connectivity index (χ1n) is 4.60. The predicted molar refractivity (Wildman–Crippen MR) is 58.1 cm³/mol. The van der Waals surface area contributed by atoms with Crippen LogP contribution in [0.5, 0.6) is 0 Å². The van der Waals surface area contributed by atoms with Gasteiger partial charge in [0.15, 0.2) is 0 Å². The van der Waals surface area contributed by atoms with Crippen LogP contribution in [0.25, 0.3) is 0 Å². The molecule has 1 atom stereocenters. The maximum absolute atomic E-state index is 9.68. The van der Waals surface area contributed by atoms with Gasteiger partial charge in [0.25, 0.3) is 0 Å². The maximum atomic E-state index is 9.68. The van der Waals surface area contributed by atoms with Crippen LogP contribution in [0.1, 0.15) is 31.4 Å². The number of thioether (sulfide) groups is 1. The molecule has 0 bridgehead atoms. The fourth-order valence-electron chi connectivity index (χ4n) is 1.27. The first kappa shape index (κ1) is 10.6. The molecule has 13 heavy (non-hydrogen) atoms. The average Bonchev–Trinajstić information content (AvgIpc) is 2.18. The molecule has 1 nitrogen and oxygen atoms in total. The van der Waals surface area contributed by atoms with Crippen molar-refractivity contribution in [2.75, 3.05) is 6.26 Å². The first-order chi connectivity index (χ1) is 6.27. The van der Waals surface area contributed by atoms with E-state index in [0.29, 0.717) is 0 Å².